The zero-order chi connectivity index (χ0) is 19.9. The van der Waals surface area contributed by atoms with E-state index >= 15 is 0 Å². The van der Waals surface area contributed by atoms with Crippen LogP contribution in [0, 0.1) is 17.1 Å². The van der Waals surface area contributed by atoms with E-state index in [4.69, 9.17) is 4.52 Å². The number of rotatable bonds is 4. The molecule has 0 radical (unpaired) electrons. The van der Waals surface area contributed by atoms with Crippen LogP contribution in [0.1, 0.15) is 10.5 Å². The molecule has 1 atom stereocenters. The summed E-state index contributed by atoms with van der Waals surface area (Å²) in [6.45, 7) is 0. The van der Waals surface area contributed by atoms with E-state index in [1.807, 2.05) is 0 Å². The Labute approximate surface area is 158 Å². The molecular formula is C20H11FN2O4S. The highest BCUT2D eigenvalue weighted by atomic mass is 32.2. The van der Waals surface area contributed by atoms with E-state index < -0.39 is 26.7 Å². The van der Waals surface area contributed by atoms with Gasteiger partial charge in [-0.05, 0) is 35.7 Å². The van der Waals surface area contributed by atoms with Crippen molar-refractivity contribution in [3.63, 3.8) is 0 Å². The lowest BCUT2D eigenvalue weighted by molar-refractivity contribution is 0.0993. The molecular weight excluding hydrogens is 383 g/mol. The van der Waals surface area contributed by atoms with Crippen molar-refractivity contribution < 1.29 is 22.1 Å². The van der Waals surface area contributed by atoms with E-state index in [9.17, 15) is 22.9 Å². The summed E-state index contributed by atoms with van der Waals surface area (Å²) in [4.78, 5) is 12.7. The van der Waals surface area contributed by atoms with E-state index in [0.29, 0.717) is 10.8 Å². The Kier molecular flexibility index (Phi) is 4.17. The molecule has 4 rings (SSSR count). The Hall–Kier alpha value is -3.57. The highest BCUT2D eigenvalue weighted by molar-refractivity contribution is 7.93. The molecule has 3 aromatic carbocycles. The van der Waals surface area contributed by atoms with Gasteiger partial charge in [0.15, 0.2) is 11.3 Å². The highest BCUT2D eigenvalue weighted by Gasteiger charge is 2.37. The number of nitrogens with zero attached hydrogens (tertiary/aromatic N) is 2. The summed E-state index contributed by atoms with van der Waals surface area (Å²) in [5.74, 6) is -1.49. The number of hydrogen-bond acceptors (Lipinski definition) is 6. The van der Waals surface area contributed by atoms with Crippen LogP contribution in [0.15, 0.2) is 70.1 Å². The maximum atomic E-state index is 13.6. The lowest BCUT2D eigenvalue weighted by atomic mass is 10.0. The van der Waals surface area contributed by atoms with E-state index in [1.54, 1.807) is 24.3 Å². The van der Waals surface area contributed by atoms with Gasteiger partial charge in [0.25, 0.3) is 0 Å². The number of Topliss-reactive ketones (excluding diaryl/α,β-unsaturated/α-hetero) is 1. The summed E-state index contributed by atoms with van der Waals surface area (Å²) in [7, 11) is -4.25. The predicted octanol–water partition coefficient (Wildman–Crippen LogP) is 3.67. The average Bonchev–Trinajstić information content (AvgIpc) is 3.13. The van der Waals surface area contributed by atoms with Crippen LogP contribution in [0.4, 0.5) is 4.39 Å². The van der Waals surface area contributed by atoms with Crippen LogP contribution in [0.25, 0.3) is 21.7 Å². The van der Waals surface area contributed by atoms with Crippen LogP contribution in [0.5, 0.6) is 0 Å². The monoisotopic (exact) mass is 394 g/mol. The number of benzene rings is 3. The summed E-state index contributed by atoms with van der Waals surface area (Å²) >= 11 is 0. The molecule has 0 amide bonds. The molecule has 1 unspecified atom stereocenters. The van der Waals surface area contributed by atoms with Gasteiger partial charge in [0.2, 0.25) is 20.9 Å². The lowest BCUT2D eigenvalue weighted by Crippen LogP contribution is -2.29. The normalized spacial score (nSPS) is 12.7. The maximum absolute atomic E-state index is 13.6. The van der Waals surface area contributed by atoms with Gasteiger partial charge >= 0.3 is 0 Å². The molecule has 1 heterocycles. The van der Waals surface area contributed by atoms with Gasteiger partial charge in [-0.1, -0.05) is 35.5 Å². The molecule has 4 aromatic rings. The van der Waals surface area contributed by atoms with Crippen molar-refractivity contribution in [2.24, 2.45) is 0 Å². The number of carbonyl (C=O) groups excluding carboxylic acids is 1. The number of ketones is 1. The number of aromatic nitrogens is 1. The second-order valence-corrected chi connectivity index (χ2v) is 8.10. The molecule has 0 aliphatic heterocycles. The molecule has 0 fully saturated rings. The Balaban J connectivity index is 1.85. The first-order valence-electron chi connectivity index (χ1n) is 8.14. The summed E-state index contributed by atoms with van der Waals surface area (Å²) in [5.41, 5.74) is -0.138. The van der Waals surface area contributed by atoms with Gasteiger partial charge in [0.1, 0.15) is 5.82 Å². The van der Waals surface area contributed by atoms with Crippen molar-refractivity contribution in [3.8, 4) is 6.07 Å². The SMILES string of the molecule is N#CC(C(=O)c1noc2c1ccc1ccc(F)cc12)S(=O)(=O)c1ccccc1. The van der Waals surface area contributed by atoms with Gasteiger partial charge in [-0.3, -0.25) is 4.79 Å². The van der Waals surface area contributed by atoms with E-state index in [2.05, 4.69) is 5.16 Å². The third kappa shape index (κ3) is 2.73. The first-order valence-corrected chi connectivity index (χ1v) is 9.68. The van der Waals surface area contributed by atoms with Gasteiger partial charge in [0, 0.05) is 5.39 Å². The summed E-state index contributed by atoms with van der Waals surface area (Å²) < 4.78 is 44.3. The molecule has 0 bridgehead atoms. The fourth-order valence-corrected chi connectivity index (χ4v) is 4.35. The molecule has 0 spiro atoms. The van der Waals surface area contributed by atoms with Gasteiger partial charge in [-0.25, -0.2) is 12.8 Å². The van der Waals surface area contributed by atoms with E-state index in [1.165, 1.54) is 42.5 Å². The number of sulfone groups is 1. The van der Waals surface area contributed by atoms with Crippen LogP contribution < -0.4 is 0 Å². The third-order valence-electron chi connectivity index (χ3n) is 4.39. The summed E-state index contributed by atoms with van der Waals surface area (Å²) in [6, 6.07) is 16.0. The van der Waals surface area contributed by atoms with E-state index in [-0.39, 0.29) is 21.6 Å². The molecule has 0 saturated carbocycles. The standard InChI is InChI=1S/C20H11FN2O4S/c21-13-8-6-12-7-9-15-18(23-27-20(15)16(12)10-13)19(24)17(11-22)28(25,26)14-4-2-1-3-5-14/h1-10,17H. The Morgan fingerprint density at radius 1 is 1.07 bits per heavy atom. The molecule has 8 heteroatoms. The zero-order valence-corrected chi connectivity index (χ0v) is 15.0. The lowest BCUT2D eigenvalue weighted by Gasteiger charge is -2.08. The number of halogens is 1. The van der Waals surface area contributed by atoms with Crippen molar-refractivity contribution in [2.75, 3.05) is 0 Å². The van der Waals surface area contributed by atoms with Crippen molar-refractivity contribution in [2.45, 2.75) is 10.1 Å². The second kappa shape index (κ2) is 6.55. The van der Waals surface area contributed by atoms with Crippen molar-refractivity contribution >= 4 is 37.4 Å². The van der Waals surface area contributed by atoms with Crippen LogP contribution in [0.2, 0.25) is 0 Å². The smallest absolute Gasteiger partial charge is 0.218 e. The van der Waals surface area contributed by atoms with Gasteiger partial charge in [-0.2, -0.15) is 5.26 Å². The fourth-order valence-electron chi connectivity index (χ4n) is 3.01. The molecule has 0 saturated heterocycles. The Morgan fingerprint density at radius 2 is 1.79 bits per heavy atom. The fraction of sp³-hybridized carbons (Fsp3) is 0.0500. The summed E-state index contributed by atoms with van der Waals surface area (Å²) in [5, 5.41) is 12.4. The van der Waals surface area contributed by atoms with Crippen molar-refractivity contribution in [1.29, 1.82) is 5.26 Å². The minimum Gasteiger partial charge on any atom is -0.355 e. The molecule has 0 aliphatic carbocycles. The average molecular weight is 394 g/mol. The molecule has 0 N–H and O–H groups in total. The minimum absolute atomic E-state index is 0.143. The molecule has 138 valence electrons. The first kappa shape index (κ1) is 17.8. The largest absolute Gasteiger partial charge is 0.355 e. The minimum atomic E-state index is -4.25. The maximum Gasteiger partial charge on any atom is 0.218 e. The highest BCUT2D eigenvalue weighted by Crippen LogP contribution is 2.30. The zero-order valence-electron chi connectivity index (χ0n) is 14.2. The Bertz CT molecular complexity index is 1370. The van der Waals surface area contributed by atoms with Crippen molar-refractivity contribution in [1.82, 2.24) is 5.16 Å². The third-order valence-corrected chi connectivity index (χ3v) is 6.26. The van der Waals surface area contributed by atoms with E-state index in [0.717, 1.165) is 0 Å². The molecule has 1 aromatic heterocycles. The number of fused-ring (bicyclic) bond motifs is 3. The molecule has 0 aliphatic rings. The summed E-state index contributed by atoms with van der Waals surface area (Å²) in [6.07, 6.45) is 0. The van der Waals surface area contributed by atoms with Crippen LogP contribution in [0.3, 0.4) is 0 Å². The van der Waals surface area contributed by atoms with Crippen LogP contribution >= 0.6 is 0 Å². The molecule has 6 nitrogen and oxygen atoms in total. The van der Waals surface area contributed by atoms with Crippen molar-refractivity contribution in [3.05, 3.63) is 72.2 Å². The van der Waals surface area contributed by atoms with Crippen LogP contribution in [-0.4, -0.2) is 24.6 Å². The topological polar surface area (TPSA) is 101 Å². The van der Waals surface area contributed by atoms with Gasteiger partial charge in [-0.15, -0.1) is 0 Å². The van der Waals surface area contributed by atoms with Gasteiger partial charge in [0.05, 0.1) is 16.4 Å². The Morgan fingerprint density at radius 3 is 2.50 bits per heavy atom. The number of hydrogen-bond donors (Lipinski definition) is 0. The van der Waals surface area contributed by atoms with Crippen LogP contribution in [-0.2, 0) is 9.84 Å². The number of carbonyl (C=O) groups is 1. The quantitative estimate of drug-likeness (QED) is 0.490. The molecule has 28 heavy (non-hydrogen) atoms. The first-order chi connectivity index (χ1) is 13.4. The van der Waals surface area contributed by atoms with Gasteiger partial charge < -0.3 is 4.52 Å². The second-order valence-electron chi connectivity index (χ2n) is 6.07. The predicted molar refractivity (Wildman–Crippen MR) is 98.8 cm³/mol. The number of nitriles is 1.